The van der Waals surface area contributed by atoms with E-state index in [0.29, 0.717) is 5.56 Å². The number of esters is 2. The number of ether oxygens (including phenoxy) is 4. The quantitative estimate of drug-likeness (QED) is 0.116. The van der Waals surface area contributed by atoms with Gasteiger partial charge in [0, 0.05) is 17.2 Å². The summed E-state index contributed by atoms with van der Waals surface area (Å²) < 4.78 is 21.0. The molecule has 1 aromatic rings. The number of carbonyl (C=O) groups is 2. The van der Waals surface area contributed by atoms with Crippen LogP contribution in [0, 0.1) is 10.1 Å². The van der Waals surface area contributed by atoms with Crippen LogP contribution >= 0.6 is 0 Å². The summed E-state index contributed by atoms with van der Waals surface area (Å²) >= 11 is 0. The molecule has 0 fully saturated rings. The maximum absolute atomic E-state index is 11.9. The second kappa shape index (κ2) is 16.6. The monoisotopic (exact) mass is 545 g/mol. The predicted octanol–water partition coefficient (Wildman–Crippen LogP) is 2.17. The number of nitrogens with one attached hydrogen (secondary N) is 2. The van der Waals surface area contributed by atoms with Gasteiger partial charge in [0.05, 0.1) is 23.7 Å². The van der Waals surface area contributed by atoms with E-state index in [-0.39, 0.29) is 29.0 Å². The topological polar surface area (TPSA) is 172 Å². The highest BCUT2D eigenvalue weighted by atomic mass is 16.6. The number of benzene rings is 1. The molecule has 2 atom stereocenters. The largest absolute Gasteiger partial charge is 0.411 e. The zero-order chi connectivity index (χ0) is 29.5. The van der Waals surface area contributed by atoms with E-state index in [9.17, 15) is 29.3 Å². The average Bonchev–Trinajstić information content (AvgIpc) is 2.96. The Balaban J connectivity index is 0.00000139. The molecular weight excluding hydrogens is 514 g/mol. The highest BCUT2D eigenvalue weighted by Crippen LogP contribution is 2.25. The molecule has 2 aliphatic rings. The highest BCUT2D eigenvalue weighted by molar-refractivity contribution is 5.89. The van der Waals surface area contributed by atoms with Crippen molar-refractivity contribution in [1.82, 2.24) is 10.6 Å². The maximum atomic E-state index is 11.9. The molecule has 2 unspecified atom stereocenters. The molecule has 2 bridgehead atoms. The molecule has 0 radical (unpaired) electrons. The van der Waals surface area contributed by atoms with E-state index in [1.165, 1.54) is 43.9 Å². The number of fused-ring (bicyclic) bond motifs is 8. The van der Waals surface area contributed by atoms with Gasteiger partial charge < -0.3 is 24.3 Å². The SMILES string of the molecule is C=C(C)C(=O)OC(=C=O)C1NC(C(=C=O)OC(=O)C(=C)C)OCc2ccc(cc2[N+](=O)[O-])CO1.CCNCC. The molecule has 0 amide bonds. The smallest absolute Gasteiger partial charge is 0.339 e. The van der Waals surface area contributed by atoms with E-state index in [2.05, 4.69) is 37.6 Å². The van der Waals surface area contributed by atoms with Gasteiger partial charge in [0.2, 0.25) is 11.5 Å². The van der Waals surface area contributed by atoms with Crippen molar-refractivity contribution in [2.45, 2.75) is 53.4 Å². The summed E-state index contributed by atoms with van der Waals surface area (Å²) in [7, 11) is 0. The Hall–Kier alpha value is -4.22. The fourth-order valence-corrected chi connectivity index (χ4v) is 2.76. The van der Waals surface area contributed by atoms with Gasteiger partial charge in [0.25, 0.3) is 5.69 Å². The van der Waals surface area contributed by atoms with Gasteiger partial charge in [0.1, 0.15) is 0 Å². The van der Waals surface area contributed by atoms with Crippen molar-refractivity contribution in [3.8, 4) is 0 Å². The average molecular weight is 546 g/mol. The van der Waals surface area contributed by atoms with Crippen molar-refractivity contribution in [3.63, 3.8) is 0 Å². The first-order valence-electron chi connectivity index (χ1n) is 11.7. The second-order valence-corrected chi connectivity index (χ2v) is 8.00. The Bertz CT molecular complexity index is 1190. The van der Waals surface area contributed by atoms with Gasteiger partial charge in [-0.25, -0.2) is 19.2 Å². The summed E-state index contributed by atoms with van der Waals surface area (Å²) in [5.41, 5.74) is 0.0973. The van der Waals surface area contributed by atoms with E-state index in [1.54, 1.807) is 0 Å². The summed E-state index contributed by atoms with van der Waals surface area (Å²) in [5.74, 6) is -0.545. The van der Waals surface area contributed by atoms with Crippen molar-refractivity contribution < 1.29 is 43.0 Å². The minimum absolute atomic E-state index is 0.0352. The summed E-state index contributed by atoms with van der Waals surface area (Å²) in [4.78, 5) is 57.9. The van der Waals surface area contributed by atoms with E-state index in [1.807, 2.05) is 0 Å². The summed E-state index contributed by atoms with van der Waals surface area (Å²) in [5, 5.41) is 17.1. The number of nitro groups is 1. The van der Waals surface area contributed by atoms with Crippen molar-refractivity contribution >= 4 is 29.5 Å². The molecule has 1 aromatic carbocycles. The minimum atomic E-state index is -1.63. The number of rotatable bonds is 9. The summed E-state index contributed by atoms with van der Waals surface area (Å²) in [6.07, 6.45) is -3.21. The van der Waals surface area contributed by atoms with Gasteiger partial charge in [0.15, 0.2) is 24.3 Å². The van der Waals surface area contributed by atoms with Crippen molar-refractivity contribution in [2.24, 2.45) is 0 Å². The molecule has 39 heavy (non-hydrogen) atoms. The Kier molecular flexibility index (Phi) is 14.0. The molecule has 0 saturated heterocycles. The van der Waals surface area contributed by atoms with Crippen molar-refractivity contribution in [1.29, 1.82) is 0 Å². The molecule has 13 heteroatoms. The van der Waals surface area contributed by atoms with Crippen LogP contribution in [0.15, 0.2) is 54.0 Å². The van der Waals surface area contributed by atoms with Crippen LogP contribution in [0.3, 0.4) is 0 Å². The minimum Gasteiger partial charge on any atom is -0.411 e. The van der Waals surface area contributed by atoms with E-state index >= 15 is 0 Å². The number of nitro benzene ring substituents is 1. The zero-order valence-electron chi connectivity index (χ0n) is 22.2. The van der Waals surface area contributed by atoms with E-state index in [4.69, 9.17) is 18.9 Å². The number of carbonyl (C=O) groups excluding carboxylic acids is 4. The van der Waals surface area contributed by atoms with Gasteiger partial charge in [-0.1, -0.05) is 33.1 Å². The molecule has 210 valence electrons. The molecule has 2 N–H and O–H groups in total. The van der Waals surface area contributed by atoms with E-state index < -0.39 is 47.4 Å². The Labute approximate surface area is 225 Å². The molecule has 3 rings (SSSR count). The van der Waals surface area contributed by atoms with Gasteiger partial charge >= 0.3 is 11.9 Å². The van der Waals surface area contributed by atoms with Crippen LogP contribution in [-0.4, -0.2) is 54.3 Å². The highest BCUT2D eigenvalue weighted by Gasteiger charge is 2.31. The van der Waals surface area contributed by atoms with Gasteiger partial charge in [-0.3, -0.25) is 15.4 Å². The molecule has 0 saturated carbocycles. The molecular formula is C26H31N3O10. The molecule has 2 aliphatic heterocycles. The first-order chi connectivity index (χ1) is 18.5. The zero-order valence-corrected chi connectivity index (χ0v) is 22.2. The molecule has 2 heterocycles. The van der Waals surface area contributed by atoms with Crippen LogP contribution in [-0.2, 0) is 51.3 Å². The summed E-state index contributed by atoms with van der Waals surface area (Å²) in [6, 6.07) is 4.17. The van der Waals surface area contributed by atoms with E-state index in [0.717, 1.165) is 13.1 Å². The molecule has 0 spiro atoms. The normalized spacial score (nSPS) is 16.1. The number of hydrogen-bond donors (Lipinski definition) is 2. The van der Waals surface area contributed by atoms with Crippen LogP contribution in [0.2, 0.25) is 0 Å². The van der Waals surface area contributed by atoms with Crippen LogP contribution in [0.1, 0.15) is 38.8 Å². The lowest BCUT2D eigenvalue weighted by molar-refractivity contribution is -0.386. The summed E-state index contributed by atoms with van der Waals surface area (Å²) in [6.45, 7) is 15.1. The first kappa shape index (κ1) is 32.8. The fraction of sp³-hybridized carbons (Fsp3) is 0.385. The predicted molar refractivity (Wildman–Crippen MR) is 138 cm³/mol. The van der Waals surface area contributed by atoms with Crippen molar-refractivity contribution in [3.05, 3.63) is 75.3 Å². The first-order valence-corrected chi connectivity index (χ1v) is 11.7. The standard InChI is InChI=1S/C22H20N2O10.C4H11N/c1-12(2)21(27)33-17(8-25)19-23-20(18(9-26)34-22(28)13(3)4)32-11-15-6-5-14(10-31-19)7-16(15)24(29)30;1-3-5-4-2/h5-7,19-20,23H,1,3,10-11H2,2,4H3;5H,3-4H2,1-2H3. The van der Waals surface area contributed by atoms with Crippen LogP contribution in [0.25, 0.3) is 0 Å². The second-order valence-electron chi connectivity index (χ2n) is 8.00. The molecule has 13 nitrogen and oxygen atoms in total. The van der Waals surface area contributed by atoms with Crippen LogP contribution < -0.4 is 10.6 Å². The number of hydrogen-bond acceptors (Lipinski definition) is 12. The third-order valence-corrected chi connectivity index (χ3v) is 4.75. The van der Waals surface area contributed by atoms with Gasteiger partial charge in [-0.15, -0.1) is 0 Å². The van der Waals surface area contributed by atoms with Crippen LogP contribution in [0.5, 0.6) is 0 Å². The van der Waals surface area contributed by atoms with Crippen molar-refractivity contribution in [2.75, 3.05) is 13.1 Å². The van der Waals surface area contributed by atoms with Crippen LogP contribution in [0.4, 0.5) is 5.69 Å². The van der Waals surface area contributed by atoms with Gasteiger partial charge in [-0.05, 0) is 38.6 Å². The van der Waals surface area contributed by atoms with Gasteiger partial charge in [-0.2, -0.15) is 0 Å². The maximum Gasteiger partial charge on any atom is 0.339 e. The lowest BCUT2D eigenvalue weighted by atomic mass is 10.1. The Morgan fingerprint density at radius 1 is 1.03 bits per heavy atom. The molecule has 0 aliphatic carbocycles. The lowest BCUT2D eigenvalue weighted by Gasteiger charge is -2.25. The lowest BCUT2D eigenvalue weighted by Crippen LogP contribution is -2.45. The third-order valence-electron chi connectivity index (χ3n) is 4.75. The molecule has 0 aromatic heterocycles. The fourth-order valence-electron chi connectivity index (χ4n) is 2.76. The Morgan fingerprint density at radius 2 is 1.51 bits per heavy atom. The number of nitrogens with zero attached hydrogens (tertiary/aromatic N) is 1. The Morgan fingerprint density at radius 3 is 1.90 bits per heavy atom. The third kappa shape index (κ3) is 10.6.